The van der Waals surface area contributed by atoms with Gasteiger partial charge in [-0.3, -0.25) is 4.98 Å². The zero-order valence-electron chi connectivity index (χ0n) is 19.1. The smallest absolute Gasteiger partial charge is 0.178 e. The molecule has 6 heteroatoms. The molecule has 1 N–H and O–H groups in total. The van der Waals surface area contributed by atoms with Crippen LogP contribution in [0.3, 0.4) is 0 Å². The number of nitrogens with zero attached hydrogens (tertiary/aromatic N) is 1. The number of hydrogen-bond acceptors (Lipinski definition) is 4. The van der Waals surface area contributed by atoms with Crippen molar-refractivity contribution in [2.24, 2.45) is 17.3 Å². The van der Waals surface area contributed by atoms with Crippen LogP contribution in [0.2, 0.25) is 0 Å². The predicted molar refractivity (Wildman–Crippen MR) is 127 cm³/mol. The van der Waals surface area contributed by atoms with Crippen molar-refractivity contribution >= 4 is 15.4 Å². The summed E-state index contributed by atoms with van der Waals surface area (Å²) in [6, 6.07) is 7.37. The normalized spacial score (nSPS) is 28.6. The van der Waals surface area contributed by atoms with Crippen molar-refractivity contribution in [3.8, 4) is 0 Å². The summed E-state index contributed by atoms with van der Waals surface area (Å²) in [5.74, 6) is 1.32. The summed E-state index contributed by atoms with van der Waals surface area (Å²) < 4.78 is 39.3. The van der Waals surface area contributed by atoms with Crippen molar-refractivity contribution in [3.05, 3.63) is 65.2 Å². The number of pyridine rings is 1. The van der Waals surface area contributed by atoms with Crippen molar-refractivity contribution in [3.63, 3.8) is 0 Å². The average molecular weight is 470 g/mol. The van der Waals surface area contributed by atoms with E-state index in [1.807, 2.05) is 6.07 Å². The van der Waals surface area contributed by atoms with Gasteiger partial charge in [-0.25, -0.2) is 12.8 Å². The second kappa shape index (κ2) is 8.62. The summed E-state index contributed by atoms with van der Waals surface area (Å²) in [4.78, 5) is 4.50. The zero-order chi connectivity index (χ0) is 23.2. The van der Waals surface area contributed by atoms with Crippen molar-refractivity contribution in [2.45, 2.75) is 62.7 Å². The number of fused-ring (bicyclic) bond motifs is 5. The van der Waals surface area contributed by atoms with Gasteiger partial charge >= 0.3 is 0 Å². The van der Waals surface area contributed by atoms with Gasteiger partial charge in [0.2, 0.25) is 0 Å². The molecule has 1 aromatic carbocycles. The van der Waals surface area contributed by atoms with Crippen molar-refractivity contribution < 1.29 is 17.9 Å². The van der Waals surface area contributed by atoms with E-state index in [0.717, 1.165) is 37.7 Å². The molecule has 2 aromatic rings. The number of aromatic nitrogens is 1. The molecule has 0 bridgehead atoms. The molecule has 0 amide bonds. The topological polar surface area (TPSA) is 67.3 Å². The number of rotatable bonds is 6. The zero-order valence-corrected chi connectivity index (χ0v) is 20.0. The Kier molecular flexibility index (Phi) is 5.94. The molecule has 1 aromatic heterocycles. The fraction of sp³-hybridized carbons (Fsp3) is 0.519. The highest BCUT2D eigenvalue weighted by atomic mass is 32.2. The minimum Gasteiger partial charge on any atom is -0.396 e. The van der Waals surface area contributed by atoms with E-state index in [9.17, 15) is 12.8 Å². The van der Waals surface area contributed by atoms with Gasteiger partial charge in [-0.15, -0.1) is 0 Å². The average Bonchev–Trinajstić information content (AvgIpc) is 3.16. The first-order valence-electron chi connectivity index (χ1n) is 12.1. The molecule has 176 valence electrons. The lowest BCUT2D eigenvalue weighted by molar-refractivity contribution is 0.0885. The standard InChI is InChI=1S/C27H32FNO3S/c1-27-11-10-23-22-7-5-21(33(31,32)13-3-2-12-30)15-18(22)4-6-24(23)26(27)9-8-25(27)19-14-20(28)17-29-16-19/h5,7-8,14-17,23-24,26,30H,2-4,6,9-13H2,1H3/t23-,24-,26+,27-/m1/s1. The fourth-order valence-electron chi connectivity index (χ4n) is 6.85. The minimum atomic E-state index is -3.32. The van der Waals surface area contributed by atoms with E-state index in [4.69, 9.17) is 5.11 Å². The second-order valence-electron chi connectivity index (χ2n) is 10.2. The monoisotopic (exact) mass is 469 g/mol. The van der Waals surface area contributed by atoms with Crippen LogP contribution in [0.1, 0.15) is 68.1 Å². The lowest BCUT2D eigenvalue weighted by Crippen LogP contribution is -2.41. The van der Waals surface area contributed by atoms with Crippen LogP contribution in [0.25, 0.3) is 5.57 Å². The number of aliphatic hydroxyl groups excluding tert-OH is 1. The Balaban J connectivity index is 1.39. The number of aliphatic hydroxyl groups is 1. The van der Waals surface area contributed by atoms with Gasteiger partial charge in [0.15, 0.2) is 9.84 Å². The summed E-state index contributed by atoms with van der Waals surface area (Å²) in [6.07, 6.45) is 11.4. The molecule has 3 aliphatic carbocycles. The first-order chi connectivity index (χ1) is 15.8. The third-order valence-corrected chi connectivity index (χ3v) is 10.3. The molecule has 1 fully saturated rings. The number of unbranched alkanes of at least 4 members (excludes halogenated alkanes) is 1. The van der Waals surface area contributed by atoms with Crippen LogP contribution >= 0.6 is 0 Å². The maximum atomic E-state index is 13.9. The molecule has 0 spiro atoms. The Labute approximate surface area is 195 Å². The maximum absolute atomic E-state index is 13.9. The van der Waals surface area contributed by atoms with Crippen molar-refractivity contribution in [1.82, 2.24) is 4.98 Å². The molecule has 0 unspecified atom stereocenters. The SMILES string of the molecule is C[C@]12CC[C@@H]3c4ccc(S(=O)(=O)CCCCO)cc4CC[C@H]3[C@@H]1CC=C2c1cncc(F)c1. The van der Waals surface area contributed by atoms with Crippen molar-refractivity contribution in [2.75, 3.05) is 12.4 Å². The van der Waals surface area contributed by atoms with Gasteiger partial charge in [-0.05, 0) is 109 Å². The number of aryl methyl sites for hydroxylation is 1. The summed E-state index contributed by atoms with van der Waals surface area (Å²) in [5, 5.41) is 8.96. The first-order valence-corrected chi connectivity index (χ1v) is 13.8. The minimum absolute atomic E-state index is 0.0230. The Morgan fingerprint density at radius 1 is 1.18 bits per heavy atom. The number of hydrogen-bond donors (Lipinski definition) is 1. The summed E-state index contributed by atoms with van der Waals surface area (Å²) in [5.41, 5.74) is 4.69. The van der Waals surface area contributed by atoms with Gasteiger partial charge < -0.3 is 5.11 Å². The Morgan fingerprint density at radius 2 is 2.03 bits per heavy atom. The summed E-state index contributed by atoms with van der Waals surface area (Å²) in [6.45, 7) is 2.37. The molecule has 4 atom stereocenters. The van der Waals surface area contributed by atoms with Crippen LogP contribution in [-0.2, 0) is 16.3 Å². The fourth-order valence-corrected chi connectivity index (χ4v) is 8.27. The Bertz CT molecular complexity index is 1190. The first kappa shape index (κ1) is 22.7. The lowest BCUT2D eigenvalue weighted by atomic mass is 9.54. The summed E-state index contributed by atoms with van der Waals surface area (Å²) >= 11 is 0. The Hall–Kier alpha value is -2.05. The number of sulfone groups is 1. The highest BCUT2D eigenvalue weighted by molar-refractivity contribution is 7.91. The number of allylic oxidation sites excluding steroid dienone is 2. The van der Waals surface area contributed by atoms with Crippen LogP contribution < -0.4 is 0 Å². The largest absolute Gasteiger partial charge is 0.396 e. The van der Waals surface area contributed by atoms with E-state index < -0.39 is 9.84 Å². The van der Waals surface area contributed by atoms with E-state index in [1.165, 1.54) is 22.9 Å². The van der Waals surface area contributed by atoms with Gasteiger partial charge in [-0.1, -0.05) is 19.1 Å². The van der Waals surface area contributed by atoms with Crippen LogP contribution in [-0.4, -0.2) is 30.9 Å². The van der Waals surface area contributed by atoms with E-state index >= 15 is 0 Å². The number of halogens is 1. The molecule has 1 heterocycles. The molecular formula is C27H32FNO3S. The lowest BCUT2D eigenvalue weighted by Gasteiger charge is -2.50. The van der Waals surface area contributed by atoms with E-state index in [1.54, 1.807) is 18.3 Å². The third-order valence-electron chi connectivity index (χ3n) is 8.48. The number of benzene rings is 1. The molecule has 0 radical (unpaired) electrons. The molecule has 0 aliphatic heterocycles. The summed E-state index contributed by atoms with van der Waals surface area (Å²) in [7, 11) is -3.32. The van der Waals surface area contributed by atoms with Crippen LogP contribution in [0.4, 0.5) is 4.39 Å². The molecule has 3 aliphatic rings. The van der Waals surface area contributed by atoms with Gasteiger partial charge in [-0.2, -0.15) is 0 Å². The van der Waals surface area contributed by atoms with E-state index in [0.29, 0.717) is 35.5 Å². The predicted octanol–water partition coefficient (Wildman–Crippen LogP) is 5.32. The molecular weight excluding hydrogens is 437 g/mol. The van der Waals surface area contributed by atoms with Crippen LogP contribution in [0, 0.1) is 23.1 Å². The van der Waals surface area contributed by atoms with E-state index in [2.05, 4.69) is 24.1 Å². The highest BCUT2D eigenvalue weighted by Crippen LogP contribution is 2.63. The van der Waals surface area contributed by atoms with E-state index in [-0.39, 0.29) is 23.6 Å². The molecule has 1 saturated carbocycles. The Morgan fingerprint density at radius 3 is 2.82 bits per heavy atom. The van der Waals surface area contributed by atoms with Crippen molar-refractivity contribution in [1.29, 1.82) is 0 Å². The molecule has 0 saturated heterocycles. The van der Waals surface area contributed by atoms with Crippen LogP contribution in [0.5, 0.6) is 0 Å². The third kappa shape index (κ3) is 3.95. The van der Waals surface area contributed by atoms with Gasteiger partial charge in [0, 0.05) is 12.8 Å². The van der Waals surface area contributed by atoms with Crippen LogP contribution in [0.15, 0.2) is 47.6 Å². The van der Waals surface area contributed by atoms with Gasteiger partial charge in [0.1, 0.15) is 5.82 Å². The van der Waals surface area contributed by atoms with Gasteiger partial charge in [0.05, 0.1) is 16.8 Å². The highest BCUT2D eigenvalue weighted by Gasteiger charge is 2.52. The van der Waals surface area contributed by atoms with Gasteiger partial charge in [0.25, 0.3) is 0 Å². The molecule has 33 heavy (non-hydrogen) atoms. The second-order valence-corrected chi connectivity index (χ2v) is 12.3. The molecule has 4 nitrogen and oxygen atoms in total. The maximum Gasteiger partial charge on any atom is 0.178 e. The molecule has 5 rings (SSSR count). The quantitative estimate of drug-likeness (QED) is 0.582.